The van der Waals surface area contributed by atoms with E-state index in [1.165, 1.54) is 0 Å². The zero-order valence-corrected chi connectivity index (χ0v) is 20.6. The molecule has 10 N–H and O–H groups in total. The first-order valence-electron chi connectivity index (χ1n) is 11.7. The Labute approximate surface area is 201 Å². The molecule has 0 spiro atoms. The summed E-state index contributed by atoms with van der Waals surface area (Å²) in [7, 11) is 0. The summed E-state index contributed by atoms with van der Waals surface area (Å²) in [5.74, 6) is -4.48. The first kappa shape index (κ1) is 31.3. The quantitative estimate of drug-likeness (QED) is 0.125. The minimum absolute atomic E-state index is 0.0838. The molecule has 5 atom stereocenters. The Morgan fingerprint density at radius 3 is 1.91 bits per heavy atom. The van der Waals surface area contributed by atoms with Crippen LogP contribution in [0.25, 0.3) is 0 Å². The average molecular weight is 487 g/mol. The molecule has 0 heterocycles. The van der Waals surface area contributed by atoms with Gasteiger partial charge < -0.3 is 38.3 Å². The summed E-state index contributed by atoms with van der Waals surface area (Å²) in [4.78, 5) is 61.1. The highest BCUT2D eigenvalue weighted by Crippen LogP contribution is 2.11. The molecule has 12 heteroatoms. The van der Waals surface area contributed by atoms with Gasteiger partial charge in [0.25, 0.3) is 0 Å². The number of carbonyl (C=O) groups excluding carboxylic acids is 4. The first-order valence-corrected chi connectivity index (χ1v) is 11.7. The van der Waals surface area contributed by atoms with Crippen molar-refractivity contribution in [3.8, 4) is 0 Å². The number of aliphatic carboxylic acids is 1. The highest BCUT2D eigenvalue weighted by Gasteiger charge is 2.33. The maximum Gasteiger partial charge on any atom is 0.326 e. The van der Waals surface area contributed by atoms with Gasteiger partial charge in [-0.25, -0.2) is 4.79 Å². The van der Waals surface area contributed by atoms with Crippen molar-refractivity contribution in [2.24, 2.45) is 29.0 Å². The molecule has 0 bridgehead atoms. The van der Waals surface area contributed by atoms with Crippen molar-refractivity contribution < 1.29 is 29.1 Å². The van der Waals surface area contributed by atoms with Crippen LogP contribution in [0.4, 0.5) is 0 Å². The van der Waals surface area contributed by atoms with Gasteiger partial charge in [0.15, 0.2) is 0 Å². The lowest BCUT2D eigenvalue weighted by Crippen LogP contribution is -2.59. The zero-order chi connectivity index (χ0) is 26.4. The average Bonchev–Trinajstić information content (AvgIpc) is 2.76. The Morgan fingerprint density at radius 1 is 0.853 bits per heavy atom. The van der Waals surface area contributed by atoms with Crippen LogP contribution in [-0.4, -0.2) is 65.4 Å². The van der Waals surface area contributed by atoms with Gasteiger partial charge in [0.05, 0.1) is 6.04 Å². The van der Waals surface area contributed by atoms with Crippen molar-refractivity contribution in [2.75, 3.05) is 6.54 Å². The van der Waals surface area contributed by atoms with Crippen LogP contribution in [0.15, 0.2) is 0 Å². The first-order chi connectivity index (χ1) is 15.8. The topological polar surface area (TPSA) is 220 Å². The van der Waals surface area contributed by atoms with E-state index in [2.05, 4.69) is 16.0 Å². The molecule has 12 nitrogen and oxygen atoms in total. The Morgan fingerprint density at radius 2 is 1.44 bits per heavy atom. The van der Waals surface area contributed by atoms with Crippen molar-refractivity contribution in [1.82, 2.24) is 16.0 Å². The number of primary amides is 1. The Bertz CT molecular complexity index is 701. The summed E-state index contributed by atoms with van der Waals surface area (Å²) in [6.45, 7) is 7.35. The standard InChI is InChI=1S/C22H42N6O6/c1-5-13(4)18(22(33)34)28-21(32)17(12(2)3)27-20(31)15(9-10-16(25)29)26-19(30)14(24)8-6-7-11-23/h12-15,17-18H,5-11,23-24H2,1-4H3,(H2,25,29)(H,26,30)(H,27,31)(H,28,32)(H,33,34). The Kier molecular flexibility index (Phi) is 14.7. The molecule has 0 aromatic heterocycles. The third-order valence-electron chi connectivity index (χ3n) is 5.64. The van der Waals surface area contributed by atoms with E-state index in [-0.39, 0.29) is 24.7 Å². The maximum atomic E-state index is 13.0. The van der Waals surface area contributed by atoms with E-state index < -0.39 is 53.8 Å². The molecule has 4 amide bonds. The van der Waals surface area contributed by atoms with Gasteiger partial charge >= 0.3 is 5.97 Å². The Hall–Kier alpha value is -2.73. The van der Waals surface area contributed by atoms with Crippen LogP contribution in [0.2, 0.25) is 0 Å². The second kappa shape index (κ2) is 16.0. The second-order valence-corrected chi connectivity index (χ2v) is 8.90. The third kappa shape index (κ3) is 11.4. The van der Waals surface area contributed by atoms with Crippen LogP contribution >= 0.6 is 0 Å². The van der Waals surface area contributed by atoms with Crippen LogP contribution in [0.5, 0.6) is 0 Å². The molecule has 0 aliphatic carbocycles. The SMILES string of the molecule is CCC(C)C(NC(=O)C(NC(=O)C(CCC(N)=O)NC(=O)C(N)CCCCN)C(C)C)C(=O)O. The molecular formula is C22H42N6O6. The van der Waals surface area contributed by atoms with Crippen LogP contribution < -0.4 is 33.2 Å². The van der Waals surface area contributed by atoms with Crippen molar-refractivity contribution in [2.45, 2.75) is 90.4 Å². The number of amides is 4. The van der Waals surface area contributed by atoms with Crippen LogP contribution in [0, 0.1) is 11.8 Å². The number of hydrogen-bond acceptors (Lipinski definition) is 7. The van der Waals surface area contributed by atoms with E-state index >= 15 is 0 Å². The lowest BCUT2D eigenvalue weighted by Gasteiger charge is -2.28. The van der Waals surface area contributed by atoms with E-state index in [9.17, 15) is 29.1 Å². The largest absolute Gasteiger partial charge is 0.480 e. The fraction of sp³-hybridized carbons (Fsp3) is 0.773. The van der Waals surface area contributed by atoms with Crippen molar-refractivity contribution >= 4 is 29.6 Å². The summed E-state index contributed by atoms with van der Waals surface area (Å²) in [6.07, 6.45) is 1.98. The van der Waals surface area contributed by atoms with Gasteiger partial charge in [-0.15, -0.1) is 0 Å². The number of carboxylic acid groups (broad SMARTS) is 1. The second-order valence-electron chi connectivity index (χ2n) is 8.90. The van der Waals surface area contributed by atoms with Crippen molar-refractivity contribution in [1.29, 1.82) is 0 Å². The minimum Gasteiger partial charge on any atom is -0.480 e. The van der Waals surface area contributed by atoms with Crippen molar-refractivity contribution in [3.05, 3.63) is 0 Å². The lowest BCUT2D eigenvalue weighted by atomic mass is 9.97. The molecule has 0 saturated heterocycles. The normalized spacial score (nSPS) is 15.5. The molecule has 0 rings (SSSR count). The van der Waals surface area contributed by atoms with Gasteiger partial charge in [0.2, 0.25) is 23.6 Å². The summed E-state index contributed by atoms with van der Waals surface area (Å²) in [5.41, 5.74) is 16.5. The maximum absolute atomic E-state index is 13.0. The molecule has 196 valence electrons. The molecule has 0 saturated carbocycles. The molecule has 0 aromatic carbocycles. The smallest absolute Gasteiger partial charge is 0.326 e. The number of nitrogens with one attached hydrogen (secondary N) is 3. The van der Waals surface area contributed by atoms with Gasteiger partial charge in [-0.1, -0.05) is 40.5 Å². The van der Waals surface area contributed by atoms with E-state index in [1.54, 1.807) is 27.7 Å². The van der Waals surface area contributed by atoms with Crippen LogP contribution in [0.1, 0.15) is 66.2 Å². The van der Waals surface area contributed by atoms with Gasteiger partial charge in [-0.2, -0.15) is 0 Å². The molecule has 34 heavy (non-hydrogen) atoms. The number of unbranched alkanes of at least 4 members (excludes halogenated alkanes) is 1. The third-order valence-corrected chi connectivity index (χ3v) is 5.64. The van der Waals surface area contributed by atoms with Crippen LogP contribution in [0.3, 0.4) is 0 Å². The number of nitrogens with two attached hydrogens (primary N) is 3. The lowest BCUT2D eigenvalue weighted by molar-refractivity contribution is -0.144. The highest BCUT2D eigenvalue weighted by molar-refractivity contribution is 5.94. The fourth-order valence-electron chi connectivity index (χ4n) is 3.19. The summed E-state index contributed by atoms with van der Waals surface area (Å²) in [5, 5.41) is 17.0. The van der Waals surface area contributed by atoms with Crippen molar-refractivity contribution in [3.63, 3.8) is 0 Å². The predicted molar refractivity (Wildman–Crippen MR) is 127 cm³/mol. The molecule has 0 radical (unpaired) electrons. The molecule has 5 unspecified atom stereocenters. The van der Waals surface area contributed by atoms with Gasteiger partial charge in [0.1, 0.15) is 18.1 Å². The number of rotatable bonds is 17. The minimum atomic E-state index is -1.17. The predicted octanol–water partition coefficient (Wildman–Crippen LogP) is -1.05. The number of hydrogen-bond donors (Lipinski definition) is 7. The van der Waals surface area contributed by atoms with Crippen LogP contribution in [-0.2, 0) is 24.0 Å². The van der Waals surface area contributed by atoms with Gasteiger partial charge in [0, 0.05) is 6.42 Å². The number of carbonyl (C=O) groups is 5. The highest BCUT2D eigenvalue weighted by atomic mass is 16.4. The van der Waals surface area contributed by atoms with Gasteiger partial charge in [-0.05, 0) is 37.6 Å². The molecule has 0 aliphatic rings. The van der Waals surface area contributed by atoms with E-state index in [0.717, 1.165) is 0 Å². The van der Waals surface area contributed by atoms with E-state index in [1.807, 2.05) is 0 Å². The summed E-state index contributed by atoms with van der Waals surface area (Å²) < 4.78 is 0. The fourth-order valence-corrected chi connectivity index (χ4v) is 3.19. The molecule has 0 fully saturated rings. The molecule has 0 aliphatic heterocycles. The molecular weight excluding hydrogens is 444 g/mol. The zero-order valence-electron chi connectivity index (χ0n) is 20.6. The summed E-state index contributed by atoms with van der Waals surface area (Å²) >= 11 is 0. The summed E-state index contributed by atoms with van der Waals surface area (Å²) in [6, 6.07) is -4.21. The monoisotopic (exact) mass is 486 g/mol. The van der Waals surface area contributed by atoms with Gasteiger partial charge in [-0.3, -0.25) is 19.2 Å². The molecule has 0 aromatic rings. The Balaban J connectivity index is 5.45. The van der Waals surface area contributed by atoms with E-state index in [0.29, 0.717) is 32.2 Å². The number of carboxylic acids is 1. The van der Waals surface area contributed by atoms with E-state index in [4.69, 9.17) is 17.2 Å².